The van der Waals surface area contributed by atoms with Crippen molar-refractivity contribution in [2.45, 2.75) is 44.2 Å². The van der Waals surface area contributed by atoms with Gasteiger partial charge in [-0.05, 0) is 18.4 Å². The summed E-state index contributed by atoms with van der Waals surface area (Å²) in [5.41, 5.74) is 1.79. The van der Waals surface area contributed by atoms with Gasteiger partial charge in [0.15, 0.2) is 5.16 Å². The van der Waals surface area contributed by atoms with E-state index in [0.29, 0.717) is 18.0 Å². The van der Waals surface area contributed by atoms with E-state index in [1.807, 2.05) is 30.3 Å². The van der Waals surface area contributed by atoms with E-state index in [1.54, 1.807) is 6.07 Å². The molecule has 1 aromatic carbocycles. The van der Waals surface area contributed by atoms with Crippen LogP contribution in [0.3, 0.4) is 0 Å². The second-order valence-electron chi connectivity index (χ2n) is 5.44. The highest BCUT2D eigenvalue weighted by Crippen LogP contribution is 2.14. The molecule has 1 aromatic heterocycles. The van der Waals surface area contributed by atoms with Crippen molar-refractivity contribution in [3.63, 3.8) is 0 Å². The second-order valence-corrected chi connectivity index (χ2v) is 6.53. The highest BCUT2D eigenvalue weighted by atomic mass is 32.2. The van der Waals surface area contributed by atoms with E-state index in [4.69, 9.17) is 0 Å². The molecule has 0 bridgehead atoms. The van der Waals surface area contributed by atoms with E-state index in [0.717, 1.165) is 36.3 Å². The van der Waals surface area contributed by atoms with E-state index in [2.05, 4.69) is 16.9 Å². The lowest BCUT2D eigenvalue weighted by molar-refractivity contribution is -0.118. The number of thioether (sulfide) groups is 1. The predicted octanol–water partition coefficient (Wildman–Crippen LogP) is 3.41. The Labute approximate surface area is 140 Å². The summed E-state index contributed by atoms with van der Waals surface area (Å²) in [5, 5.41) is 0.649. The Morgan fingerprint density at radius 2 is 2.04 bits per heavy atom. The summed E-state index contributed by atoms with van der Waals surface area (Å²) >= 11 is 1.50. The van der Waals surface area contributed by atoms with Crippen molar-refractivity contribution in [1.82, 2.24) is 9.97 Å². The maximum Gasteiger partial charge on any atom is 0.251 e. The third-order valence-corrected chi connectivity index (χ3v) is 4.32. The number of aryl methyl sites for hydroxylation is 1. The third kappa shape index (κ3) is 6.40. The maximum absolute atomic E-state index is 11.9. The Bertz CT molecular complexity index is 683. The molecule has 0 saturated heterocycles. The van der Waals surface area contributed by atoms with Crippen molar-refractivity contribution in [2.24, 2.45) is 0 Å². The van der Waals surface area contributed by atoms with Crippen molar-refractivity contribution in [3.05, 3.63) is 58.0 Å². The van der Waals surface area contributed by atoms with Crippen LogP contribution in [-0.4, -0.2) is 21.5 Å². The Morgan fingerprint density at radius 1 is 1.26 bits per heavy atom. The average Bonchev–Trinajstić information content (AvgIpc) is 2.52. The summed E-state index contributed by atoms with van der Waals surface area (Å²) in [4.78, 5) is 30.7. The topological polar surface area (TPSA) is 62.8 Å². The highest BCUT2D eigenvalue weighted by molar-refractivity contribution is 7.99. The summed E-state index contributed by atoms with van der Waals surface area (Å²) in [6, 6.07) is 11.3. The number of carbonyl (C=O) groups excluding carboxylic acids is 1. The summed E-state index contributed by atoms with van der Waals surface area (Å²) in [6.45, 7) is 2.06. The number of nitrogens with one attached hydrogen (secondary N) is 1. The van der Waals surface area contributed by atoms with Gasteiger partial charge in [-0.25, -0.2) is 4.98 Å². The first-order valence-corrected chi connectivity index (χ1v) is 8.94. The van der Waals surface area contributed by atoms with Gasteiger partial charge in [-0.15, -0.1) is 0 Å². The molecular weight excluding hydrogens is 308 g/mol. The van der Waals surface area contributed by atoms with Gasteiger partial charge < -0.3 is 4.98 Å². The lowest BCUT2D eigenvalue weighted by Gasteiger charge is -2.04. The number of rotatable bonds is 9. The molecule has 4 nitrogen and oxygen atoms in total. The van der Waals surface area contributed by atoms with Crippen LogP contribution in [0, 0.1) is 0 Å². The smallest absolute Gasteiger partial charge is 0.251 e. The molecule has 0 spiro atoms. The number of aromatic amines is 1. The van der Waals surface area contributed by atoms with Gasteiger partial charge in [0, 0.05) is 30.4 Å². The molecule has 122 valence electrons. The first-order valence-electron chi connectivity index (χ1n) is 7.96. The Morgan fingerprint density at radius 3 is 2.78 bits per heavy atom. The summed E-state index contributed by atoms with van der Waals surface area (Å²) in [5.74, 6) is 1.02. The summed E-state index contributed by atoms with van der Waals surface area (Å²) in [6.07, 6.45) is 3.62. The third-order valence-electron chi connectivity index (χ3n) is 3.36. The minimum Gasteiger partial charge on any atom is -0.301 e. The molecule has 0 unspecified atom stereocenters. The molecule has 0 radical (unpaired) electrons. The molecule has 1 N–H and O–H groups in total. The van der Waals surface area contributed by atoms with E-state index < -0.39 is 0 Å². The van der Waals surface area contributed by atoms with Crippen molar-refractivity contribution in [3.8, 4) is 0 Å². The van der Waals surface area contributed by atoms with Crippen LogP contribution in [0.5, 0.6) is 0 Å². The number of benzene rings is 1. The van der Waals surface area contributed by atoms with E-state index >= 15 is 0 Å². The molecule has 0 aliphatic heterocycles. The average molecular weight is 330 g/mol. The standard InChI is InChI=1S/C18H22N2O2S/c1-2-7-15-13-17(22)20-18(19-15)23-11-6-10-16(21)12-14-8-4-3-5-9-14/h3-5,8-9,13H,2,6-7,10-12H2,1H3,(H,19,20,22). The van der Waals surface area contributed by atoms with Gasteiger partial charge in [0.1, 0.15) is 5.78 Å². The number of Topliss-reactive ketones (excluding diaryl/α,β-unsaturated/α-hetero) is 1. The Kier molecular flexibility index (Phi) is 7.07. The SMILES string of the molecule is CCCc1cc(=O)[nH]c(SCCCC(=O)Cc2ccccc2)n1. The molecule has 5 heteroatoms. The monoisotopic (exact) mass is 330 g/mol. The van der Waals surface area contributed by atoms with Crippen LogP contribution in [0.15, 0.2) is 46.3 Å². The molecule has 0 amide bonds. The zero-order chi connectivity index (χ0) is 16.5. The summed E-state index contributed by atoms with van der Waals surface area (Å²) < 4.78 is 0. The second kappa shape index (κ2) is 9.30. The van der Waals surface area contributed by atoms with E-state index in [1.165, 1.54) is 11.8 Å². The zero-order valence-corrected chi connectivity index (χ0v) is 14.2. The lowest BCUT2D eigenvalue weighted by Crippen LogP contribution is -2.10. The van der Waals surface area contributed by atoms with Gasteiger partial charge in [-0.2, -0.15) is 0 Å². The van der Waals surface area contributed by atoms with Gasteiger partial charge in [0.25, 0.3) is 5.56 Å². The van der Waals surface area contributed by atoms with Gasteiger partial charge in [0.05, 0.1) is 0 Å². The summed E-state index contributed by atoms with van der Waals surface area (Å²) in [7, 11) is 0. The molecule has 0 atom stereocenters. The molecule has 2 rings (SSSR count). The van der Waals surface area contributed by atoms with Crippen LogP contribution < -0.4 is 5.56 Å². The van der Waals surface area contributed by atoms with Crippen LogP contribution in [0.25, 0.3) is 0 Å². The van der Waals surface area contributed by atoms with Crippen molar-refractivity contribution in [1.29, 1.82) is 0 Å². The first kappa shape index (κ1) is 17.5. The maximum atomic E-state index is 11.9. The van der Waals surface area contributed by atoms with Crippen LogP contribution >= 0.6 is 11.8 Å². The van der Waals surface area contributed by atoms with Crippen LogP contribution in [0.4, 0.5) is 0 Å². The largest absolute Gasteiger partial charge is 0.301 e. The number of H-pyrrole nitrogens is 1. The number of carbonyl (C=O) groups is 1. The van der Waals surface area contributed by atoms with Crippen LogP contribution in [-0.2, 0) is 17.6 Å². The lowest BCUT2D eigenvalue weighted by atomic mass is 10.1. The van der Waals surface area contributed by atoms with E-state index in [-0.39, 0.29) is 11.3 Å². The normalized spacial score (nSPS) is 10.7. The minimum atomic E-state index is -0.105. The molecule has 23 heavy (non-hydrogen) atoms. The molecule has 0 saturated carbocycles. The number of ketones is 1. The molecule has 1 heterocycles. The molecule has 0 fully saturated rings. The van der Waals surface area contributed by atoms with Crippen molar-refractivity contribution in [2.75, 3.05) is 5.75 Å². The predicted molar refractivity (Wildman–Crippen MR) is 94.0 cm³/mol. The number of nitrogens with zero attached hydrogens (tertiary/aromatic N) is 1. The van der Waals surface area contributed by atoms with Gasteiger partial charge in [-0.3, -0.25) is 9.59 Å². The van der Waals surface area contributed by atoms with Crippen molar-refractivity contribution < 1.29 is 4.79 Å². The molecule has 0 aliphatic rings. The fraction of sp³-hybridized carbons (Fsp3) is 0.389. The quantitative estimate of drug-likeness (QED) is 0.435. The van der Waals surface area contributed by atoms with Crippen molar-refractivity contribution >= 4 is 17.5 Å². The van der Waals surface area contributed by atoms with E-state index in [9.17, 15) is 9.59 Å². The minimum absolute atomic E-state index is 0.105. The van der Waals surface area contributed by atoms with Gasteiger partial charge in [-0.1, -0.05) is 55.4 Å². The van der Waals surface area contributed by atoms with Gasteiger partial charge >= 0.3 is 0 Å². The Balaban J connectivity index is 1.75. The fourth-order valence-corrected chi connectivity index (χ4v) is 3.12. The molecule has 0 aliphatic carbocycles. The first-order chi connectivity index (χ1) is 11.2. The number of hydrogen-bond donors (Lipinski definition) is 1. The van der Waals surface area contributed by atoms with Gasteiger partial charge in [0.2, 0.25) is 0 Å². The molecular formula is C18H22N2O2S. The van der Waals surface area contributed by atoms with Crippen LogP contribution in [0.2, 0.25) is 0 Å². The highest BCUT2D eigenvalue weighted by Gasteiger charge is 2.05. The number of hydrogen-bond acceptors (Lipinski definition) is 4. The fourth-order valence-electron chi connectivity index (χ4n) is 2.29. The van der Waals surface area contributed by atoms with Crippen LogP contribution in [0.1, 0.15) is 37.4 Å². The Hall–Kier alpha value is -1.88. The number of aromatic nitrogens is 2. The molecule has 2 aromatic rings. The zero-order valence-electron chi connectivity index (χ0n) is 13.4.